The second-order valence-electron chi connectivity index (χ2n) is 4.17. The summed E-state index contributed by atoms with van der Waals surface area (Å²) in [4.78, 5) is 22.3. The lowest BCUT2D eigenvalue weighted by Gasteiger charge is -2.18. The van der Waals surface area contributed by atoms with E-state index in [0.29, 0.717) is 12.3 Å². The van der Waals surface area contributed by atoms with E-state index in [4.69, 9.17) is 0 Å². The highest BCUT2D eigenvalue weighted by atomic mass is 16.1. The lowest BCUT2D eigenvalue weighted by atomic mass is 9.84. The number of carbonyl (C=O) groups excluding carboxylic acids is 2. The summed E-state index contributed by atoms with van der Waals surface area (Å²) in [5.74, 6) is 0.843. The smallest absolute Gasteiger partial charge is 0.133 e. The molecule has 0 spiro atoms. The van der Waals surface area contributed by atoms with Gasteiger partial charge in [0.1, 0.15) is 11.6 Å². The predicted molar refractivity (Wildman–Crippen MR) is 51.4 cm³/mol. The molecule has 1 fully saturated rings. The Morgan fingerprint density at radius 1 is 1.23 bits per heavy atom. The van der Waals surface area contributed by atoms with Gasteiger partial charge in [0.05, 0.1) is 0 Å². The molecule has 0 N–H and O–H groups in total. The van der Waals surface area contributed by atoms with Crippen molar-refractivity contribution in [1.82, 2.24) is 0 Å². The van der Waals surface area contributed by atoms with E-state index in [0.717, 1.165) is 12.8 Å². The van der Waals surface area contributed by atoms with Gasteiger partial charge in [0.25, 0.3) is 0 Å². The molecule has 0 aliphatic heterocycles. The van der Waals surface area contributed by atoms with Crippen LogP contribution in [0.2, 0.25) is 0 Å². The van der Waals surface area contributed by atoms with Crippen molar-refractivity contribution in [3.63, 3.8) is 0 Å². The number of rotatable bonds is 4. The molecule has 0 saturated heterocycles. The van der Waals surface area contributed by atoms with Gasteiger partial charge in [-0.3, -0.25) is 4.79 Å². The summed E-state index contributed by atoms with van der Waals surface area (Å²) < 4.78 is 0. The van der Waals surface area contributed by atoms with Crippen LogP contribution in [0, 0.1) is 11.8 Å². The van der Waals surface area contributed by atoms with E-state index < -0.39 is 0 Å². The second-order valence-corrected chi connectivity index (χ2v) is 4.17. The first-order valence-electron chi connectivity index (χ1n) is 5.11. The normalized spacial score (nSPS) is 20.2. The quantitative estimate of drug-likeness (QED) is 0.668. The lowest BCUT2D eigenvalue weighted by molar-refractivity contribution is -0.127. The lowest BCUT2D eigenvalue weighted by Crippen LogP contribution is -2.22. The van der Waals surface area contributed by atoms with E-state index in [9.17, 15) is 9.59 Å². The van der Waals surface area contributed by atoms with Crippen LogP contribution in [-0.2, 0) is 9.59 Å². The summed E-state index contributed by atoms with van der Waals surface area (Å²) in [7, 11) is 0. The van der Waals surface area contributed by atoms with Gasteiger partial charge in [-0.25, -0.2) is 0 Å². The van der Waals surface area contributed by atoms with Gasteiger partial charge in [0.2, 0.25) is 0 Å². The van der Waals surface area contributed by atoms with E-state index in [1.807, 2.05) is 0 Å². The van der Waals surface area contributed by atoms with Crippen LogP contribution in [0.25, 0.3) is 0 Å². The molecular formula is C11H18O2. The summed E-state index contributed by atoms with van der Waals surface area (Å²) in [6, 6.07) is 0. The fraction of sp³-hybridized carbons (Fsp3) is 0.818. The number of hydrogen-bond acceptors (Lipinski definition) is 2. The highest BCUT2D eigenvalue weighted by molar-refractivity contribution is 5.85. The van der Waals surface area contributed by atoms with E-state index in [1.165, 1.54) is 12.8 Å². The van der Waals surface area contributed by atoms with Crippen molar-refractivity contribution in [2.24, 2.45) is 11.8 Å². The van der Waals surface area contributed by atoms with Gasteiger partial charge >= 0.3 is 0 Å². The van der Waals surface area contributed by atoms with Crippen molar-refractivity contribution >= 4 is 11.6 Å². The minimum Gasteiger partial charge on any atom is -0.300 e. The number of ketones is 2. The zero-order valence-electron chi connectivity index (χ0n) is 8.51. The zero-order chi connectivity index (χ0) is 9.84. The maximum atomic E-state index is 11.3. The molecule has 2 heteroatoms. The third-order valence-corrected chi connectivity index (χ3v) is 3.00. The van der Waals surface area contributed by atoms with Crippen LogP contribution < -0.4 is 0 Å². The first kappa shape index (κ1) is 10.4. The van der Waals surface area contributed by atoms with Gasteiger partial charge in [-0.15, -0.1) is 0 Å². The topological polar surface area (TPSA) is 34.1 Å². The Labute approximate surface area is 79.7 Å². The molecule has 0 aromatic heterocycles. The molecule has 0 radical (unpaired) electrons. The predicted octanol–water partition coefficient (Wildman–Crippen LogP) is 2.36. The Kier molecular flexibility index (Phi) is 3.64. The third-order valence-electron chi connectivity index (χ3n) is 3.00. The molecule has 13 heavy (non-hydrogen) atoms. The van der Waals surface area contributed by atoms with Gasteiger partial charge in [-0.1, -0.05) is 12.8 Å². The monoisotopic (exact) mass is 182 g/mol. The van der Waals surface area contributed by atoms with Crippen molar-refractivity contribution in [1.29, 1.82) is 0 Å². The molecule has 0 aromatic carbocycles. The Morgan fingerprint density at radius 3 is 2.15 bits per heavy atom. The van der Waals surface area contributed by atoms with E-state index in [2.05, 4.69) is 0 Å². The first-order valence-corrected chi connectivity index (χ1v) is 5.11. The van der Waals surface area contributed by atoms with Crippen LogP contribution in [0.5, 0.6) is 0 Å². The minimum absolute atomic E-state index is 0.0139. The molecule has 0 bridgehead atoms. The SMILES string of the molecule is CC(=O)C[C@@H](C(C)=O)C1CCCC1. The fourth-order valence-electron chi connectivity index (χ4n) is 2.31. The molecule has 74 valence electrons. The molecule has 0 unspecified atom stereocenters. The van der Waals surface area contributed by atoms with E-state index in [1.54, 1.807) is 13.8 Å². The standard InChI is InChI=1S/C11H18O2/c1-8(12)7-11(9(2)13)10-5-3-4-6-10/h10-11H,3-7H2,1-2H3/t11-/m0/s1. The summed E-state index contributed by atoms with van der Waals surface area (Å²) >= 11 is 0. The fourth-order valence-corrected chi connectivity index (χ4v) is 2.31. The molecule has 1 aliphatic rings. The Hall–Kier alpha value is -0.660. The summed E-state index contributed by atoms with van der Waals surface area (Å²) in [5, 5.41) is 0. The van der Waals surface area contributed by atoms with Crippen molar-refractivity contribution in [3.05, 3.63) is 0 Å². The number of Topliss-reactive ketones (excluding diaryl/α,β-unsaturated/α-hetero) is 2. The summed E-state index contributed by atoms with van der Waals surface area (Å²) in [6.07, 6.45) is 5.19. The molecule has 0 heterocycles. The van der Waals surface area contributed by atoms with Gasteiger partial charge in [-0.05, 0) is 32.6 Å². The van der Waals surface area contributed by atoms with Crippen LogP contribution in [-0.4, -0.2) is 11.6 Å². The zero-order valence-corrected chi connectivity index (χ0v) is 8.51. The molecule has 1 atom stereocenters. The van der Waals surface area contributed by atoms with Crippen LogP contribution in [0.3, 0.4) is 0 Å². The van der Waals surface area contributed by atoms with Crippen molar-refractivity contribution in [3.8, 4) is 0 Å². The van der Waals surface area contributed by atoms with Gasteiger partial charge in [0, 0.05) is 12.3 Å². The van der Waals surface area contributed by atoms with Crippen LogP contribution in [0.15, 0.2) is 0 Å². The van der Waals surface area contributed by atoms with Gasteiger partial charge in [0.15, 0.2) is 0 Å². The molecule has 0 aromatic rings. The van der Waals surface area contributed by atoms with E-state index >= 15 is 0 Å². The van der Waals surface area contributed by atoms with Crippen LogP contribution in [0.4, 0.5) is 0 Å². The highest BCUT2D eigenvalue weighted by Crippen LogP contribution is 2.33. The minimum atomic E-state index is 0.0139. The molecular weight excluding hydrogens is 164 g/mol. The van der Waals surface area contributed by atoms with Crippen molar-refractivity contribution in [2.75, 3.05) is 0 Å². The Bertz CT molecular complexity index is 202. The highest BCUT2D eigenvalue weighted by Gasteiger charge is 2.28. The van der Waals surface area contributed by atoms with Crippen molar-refractivity contribution in [2.45, 2.75) is 46.0 Å². The molecule has 2 nitrogen and oxygen atoms in total. The molecule has 1 aliphatic carbocycles. The molecule has 1 saturated carbocycles. The largest absolute Gasteiger partial charge is 0.300 e. The number of carbonyl (C=O) groups is 2. The van der Waals surface area contributed by atoms with E-state index in [-0.39, 0.29) is 17.5 Å². The Balaban J connectivity index is 2.55. The second kappa shape index (κ2) is 4.54. The van der Waals surface area contributed by atoms with Gasteiger partial charge in [-0.2, -0.15) is 0 Å². The summed E-state index contributed by atoms with van der Waals surface area (Å²) in [6.45, 7) is 3.19. The molecule has 1 rings (SSSR count). The maximum Gasteiger partial charge on any atom is 0.133 e. The molecule has 0 amide bonds. The van der Waals surface area contributed by atoms with Crippen LogP contribution in [0.1, 0.15) is 46.0 Å². The average molecular weight is 182 g/mol. The third kappa shape index (κ3) is 2.94. The number of hydrogen-bond donors (Lipinski definition) is 0. The maximum absolute atomic E-state index is 11.3. The van der Waals surface area contributed by atoms with Crippen LogP contribution >= 0.6 is 0 Å². The van der Waals surface area contributed by atoms with Gasteiger partial charge < -0.3 is 4.79 Å². The van der Waals surface area contributed by atoms with Crippen molar-refractivity contribution < 1.29 is 9.59 Å². The summed E-state index contributed by atoms with van der Waals surface area (Å²) in [5.41, 5.74) is 0. The Morgan fingerprint density at radius 2 is 1.77 bits per heavy atom. The average Bonchev–Trinajstić information content (AvgIpc) is 2.50. The first-order chi connectivity index (χ1) is 6.11.